The number of hydrogen-bond acceptors (Lipinski definition) is 4. The summed E-state index contributed by atoms with van der Waals surface area (Å²) in [5.74, 6) is 1.09. The van der Waals surface area contributed by atoms with E-state index in [0.717, 1.165) is 11.3 Å². The van der Waals surface area contributed by atoms with Crippen molar-refractivity contribution in [3.05, 3.63) is 57.5 Å². The highest BCUT2D eigenvalue weighted by molar-refractivity contribution is 9.10. The van der Waals surface area contributed by atoms with E-state index in [1.165, 1.54) is 0 Å². The lowest BCUT2D eigenvalue weighted by Gasteiger charge is -2.31. The Hall–Kier alpha value is -2.25. The summed E-state index contributed by atoms with van der Waals surface area (Å²) in [5.41, 5.74) is 0.891. The summed E-state index contributed by atoms with van der Waals surface area (Å²) in [6, 6.07) is 11.9. The zero-order valence-corrected chi connectivity index (χ0v) is 21.2. The van der Waals surface area contributed by atoms with Gasteiger partial charge in [-0.1, -0.05) is 44.5 Å². The van der Waals surface area contributed by atoms with Crippen LogP contribution in [-0.4, -0.2) is 43.0 Å². The molecule has 1 atom stereocenters. The van der Waals surface area contributed by atoms with Gasteiger partial charge in [-0.25, -0.2) is 0 Å². The van der Waals surface area contributed by atoms with Gasteiger partial charge in [-0.05, 0) is 64.2 Å². The second-order valence-corrected chi connectivity index (χ2v) is 9.09. The number of amides is 2. The van der Waals surface area contributed by atoms with Gasteiger partial charge in [0, 0.05) is 18.1 Å². The maximum atomic E-state index is 13.2. The third-order valence-electron chi connectivity index (χ3n) is 4.83. The number of rotatable bonds is 11. The van der Waals surface area contributed by atoms with Crippen LogP contribution in [0.2, 0.25) is 5.02 Å². The molecule has 0 fully saturated rings. The van der Waals surface area contributed by atoms with E-state index in [9.17, 15) is 9.59 Å². The van der Waals surface area contributed by atoms with Gasteiger partial charge in [0.05, 0.1) is 11.6 Å². The van der Waals surface area contributed by atoms with Crippen molar-refractivity contribution in [1.29, 1.82) is 0 Å². The normalized spacial score (nSPS) is 11.7. The smallest absolute Gasteiger partial charge is 0.261 e. The molecular weight excluding hydrogens is 496 g/mol. The molecule has 0 aliphatic rings. The SMILES string of the molecule is CCC(C(=O)NCC(C)C)N(Cc1ccc(OC)cc1)C(=O)COc1ccc(Cl)cc1Br. The molecule has 0 heterocycles. The van der Waals surface area contributed by atoms with Crippen LogP contribution >= 0.6 is 27.5 Å². The number of benzene rings is 2. The van der Waals surface area contributed by atoms with Crippen LogP contribution in [0.1, 0.15) is 32.8 Å². The molecule has 32 heavy (non-hydrogen) atoms. The molecule has 0 aliphatic carbocycles. The van der Waals surface area contributed by atoms with Gasteiger partial charge in [-0.2, -0.15) is 0 Å². The Bertz CT molecular complexity index is 905. The highest BCUT2D eigenvalue weighted by atomic mass is 79.9. The van der Waals surface area contributed by atoms with E-state index in [1.807, 2.05) is 45.0 Å². The monoisotopic (exact) mass is 524 g/mol. The average molecular weight is 526 g/mol. The number of carbonyl (C=O) groups is 2. The van der Waals surface area contributed by atoms with Gasteiger partial charge in [0.2, 0.25) is 5.91 Å². The Kier molecular flexibility index (Phi) is 10.3. The molecule has 174 valence electrons. The van der Waals surface area contributed by atoms with E-state index < -0.39 is 6.04 Å². The molecule has 6 nitrogen and oxygen atoms in total. The third kappa shape index (κ3) is 7.71. The van der Waals surface area contributed by atoms with E-state index in [-0.39, 0.29) is 25.0 Å². The largest absolute Gasteiger partial charge is 0.497 e. The van der Waals surface area contributed by atoms with Gasteiger partial charge >= 0.3 is 0 Å². The van der Waals surface area contributed by atoms with Gasteiger partial charge < -0.3 is 19.7 Å². The van der Waals surface area contributed by atoms with Gasteiger partial charge in [0.15, 0.2) is 6.61 Å². The Labute approximate surface area is 203 Å². The summed E-state index contributed by atoms with van der Waals surface area (Å²) < 4.78 is 11.6. The number of ether oxygens (including phenoxy) is 2. The fraction of sp³-hybridized carbons (Fsp3) is 0.417. The predicted octanol–water partition coefficient (Wildman–Crippen LogP) is 5.07. The second kappa shape index (κ2) is 12.7. The average Bonchev–Trinajstić information content (AvgIpc) is 2.77. The van der Waals surface area contributed by atoms with Crippen molar-refractivity contribution in [2.45, 2.75) is 39.8 Å². The summed E-state index contributed by atoms with van der Waals surface area (Å²) in [4.78, 5) is 27.7. The summed E-state index contributed by atoms with van der Waals surface area (Å²) in [5, 5.41) is 3.51. The minimum absolute atomic E-state index is 0.171. The lowest BCUT2D eigenvalue weighted by molar-refractivity contribution is -0.143. The molecule has 0 aliphatic heterocycles. The molecule has 0 bridgehead atoms. The molecule has 2 aromatic carbocycles. The molecule has 0 radical (unpaired) electrons. The van der Waals surface area contributed by atoms with Crippen LogP contribution in [0.15, 0.2) is 46.9 Å². The van der Waals surface area contributed by atoms with Crippen LogP contribution in [-0.2, 0) is 16.1 Å². The first-order valence-corrected chi connectivity index (χ1v) is 11.7. The lowest BCUT2D eigenvalue weighted by Crippen LogP contribution is -2.50. The quantitative estimate of drug-likeness (QED) is 0.445. The topological polar surface area (TPSA) is 67.9 Å². The highest BCUT2D eigenvalue weighted by Gasteiger charge is 2.29. The van der Waals surface area contributed by atoms with Crippen molar-refractivity contribution in [3.63, 3.8) is 0 Å². The van der Waals surface area contributed by atoms with E-state index in [0.29, 0.717) is 34.1 Å². The number of hydrogen-bond donors (Lipinski definition) is 1. The lowest BCUT2D eigenvalue weighted by atomic mass is 10.1. The molecule has 0 spiro atoms. The Morgan fingerprint density at radius 1 is 1.16 bits per heavy atom. The zero-order valence-electron chi connectivity index (χ0n) is 18.9. The van der Waals surface area contributed by atoms with E-state index in [1.54, 1.807) is 30.2 Å². The van der Waals surface area contributed by atoms with Crippen molar-refractivity contribution in [2.75, 3.05) is 20.3 Å². The molecule has 2 amide bonds. The molecular formula is C24H30BrClN2O4. The Morgan fingerprint density at radius 2 is 1.84 bits per heavy atom. The molecule has 1 N–H and O–H groups in total. The molecule has 2 aromatic rings. The summed E-state index contributed by atoms with van der Waals surface area (Å²) in [6.07, 6.45) is 0.483. The Balaban J connectivity index is 2.21. The zero-order chi connectivity index (χ0) is 23.7. The first-order chi connectivity index (χ1) is 15.2. The number of nitrogens with one attached hydrogen (secondary N) is 1. The molecule has 0 aromatic heterocycles. The van der Waals surface area contributed by atoms with E-state index in [2.05, 4.69) is 21.2 Å². The molecule has 0 saturated carbocycles. The van der Waals surface area contributed by atoms with Crippen LogP contribution in [0.5, 0.6) is 11.5 Å². The van der Waals surface area contributed by atoms with Gasteiger partial charge in [0.1, 0.15) is 17.5 Å². The van der Waals surface area contributed by atoms with Crippen molar-refractivity contribution in [2.24, 2.45) is 5.92 Å². The van der Waals surface area contributed by atoms with E-state index in [4.69, 9.17) is 21.1 Å². The fourth-order valence-electron chi connectivity index (χ4n) is 3.08. The first-order valence-electron chi connectivity index (χ1n) is 10.5. The number of carbonyl (C=O) groups excluding carboxylic acids is 2. The van der Waals surface area contributed by atoms with Crippen molar-refractivity contribution in [3.8, 4) is 11.5 Å². The minimum atomic E-state index is -0.611. The summed E-state index contributed by atoms with van der Waals surface area (Å²) >= 11 is 9.37. The third-order valence-corrected chi connectivity index (χ3v) is 5.68. The maximum absolute atomic E-state index is 13.2. The fourth-order valence-corrected chi connectivity index (χ4v) is 3.88. The van der Waals surface area contributed by atoms with E-state index >= 15 is 0 Å². The highest BCUT2D eigenvalue weighted by Crippen LogP contribution is 2.28. The minimum Gasteiger partial charge on any atom is -0.497 e. The van der Waals surface area contributed by atoms with Crippen molar-refractivity contribution in [1.82, 2.24) is 10.2 Å². The number of halogens is 2. The predicted molar refractivity (Wildman–Crippen MR) is 130 cm³/mol. The van der Waals surface area contributed by atoms with Gasteiger partial charge in [-0.15, -0.1) is 0 Å². The standard InChI is InChI=1S/C24H30BrClN2O4/c1-5-21(24(30)27-13-16(2)3)28(14-17-6-9-19(31-4)10-7-17)23(29)15-32-22-11-8-18(26)12-20(22)25/h6-12,16,21H,5,13-15H2,1-4H3,(H,27,30). The van der Waals surface area contributed by atoms with Gasteiger partial charge in [0.25, 0.3) is 5.91 Å². The van der Waals surface area contributed by atoms with Crippen LogP contribution < -0.4 is 14.8 Å². The van der Waals surface area contributed by atoms with Crippen LogP contribution in [0.3, 0.4) is 0 Å². The molecule has 0 saturated heterocycles. The molecule has 1 unspecified atom stereocenters. The Morgan fingerprint density at radius 3 is 2.41 bits per heavy atom. The maximum Gasteiger partial charge on any atom is 0.261 e. The number of nitrogens with zero attached hydrogens (tertiary/aromatic N) is 1. The van der Waals surface area contributed by atoms with Crippen LogP contribution in [0.25, 0.3) is 0 Å². The second-order valence-electron chi connectivity index (χ2n) is 7.80. The van der Waals surface area contributed by atoms with Crippen molar-refractivity contribution < 1.29 is 19.1 Å². The van der Waals surface area contributed by atoms with Gasteiger partial charge in [-0.3, -0.25) is 9.59 Å². The summed E-state index contributed by atoms with van der Waals surface area (Å²) in [7, 11) is 1.60. The summed E-state index contributed by atoms with van der Waals surface area (Å²) in [6.45, 7) is 6.57. The number of methoxy groups -OCH3 is 1. The first kappa shape index (κ1) is 26.0. The van der Waals surface area contributed by atoms with Crippen LogP contribution in [0.4, 0.5) is 0 Å². The van der Waals surface area contributed by atoms with Crippen LogP contribution in [0, 0.1) is 5.92 Å². The molecule has 2 rings (SSSR count). The molecule has 8 heteroatoms. The van der Waals surface area contributed by atoms with Crippen molar-refractivity contribution >= 4 is 39.3 Å².